The van der Waals surface area contributed by atoms with E-state index in [4.69, 9.17) is 11.6 Å². The highest BCUT2D eigenvalue weighted by atomic mass is 35.5. The molecule has 68 valence electrons. The molecule has 0 radical (unpaired) electrons. The van der Waals surface area contributed by atoms with Crippen molar-refractivity contribution in [2.75, 3.05) is 0 Å². The Kier molecular flexibility index (Phi) is 3.99. The van der Waals surface area contributed by atoms with Gasteiger partial charge in [0.15, 0.2) is 0 Å². The number of rotatable bonds is 2. The number of nitro groups is 1. The fourth-order valence-corrected chi connectivity index (χ4v) is 0.980. The van der Waals surface area contributed by atoms with E-state index in [2.05, 4.69) is 4.98 Å². The van der Waals surface area contributed by atoms with Gasteiger partial charge in [-0.2, -0.15) is 0 Å². The standard InChI is InChI=1S/C5H6ClN3O2.ClH/c1-8-4(2-6)7-3-5(8)9(10)11;/h3H,2H2,1H3;1H. The van der Waals surface area contributed by atoms with Crippen LogP contribution in [0.4, 0.5) is 5.82 Å². The molecule has 0 amide bonds. The van der Waals surface area contributed by atoms with E-state index in [9.17, 15) is 10.1 Å². The minimum absolute atomic E-state index is 0. The summed E-state index contributed by atoms with van der Waals surface area (Å²) < 4.78 is 1.35. The van der Waals surface area contributed by atoms with E-state index in [1.54, 1.807) is 7.05 Å². The lowest BCUT2D eigenvalue weighted by molar-refractivity contribution is -0.391. The summed E-state index contributed by atoms with van der Waals surface area (Å²) in [6.45, 7) is 0. The van der Waals surface area contributed by atoms with E-state index in [0.29, 0.717) is 5.82 Å². The number of alkyl halides is 1. The third kappa shape index (κ3) is 1.86. The van der Waals surface area contributed by atoms with E-state index < -0.39 is 4.92 Å². The van der Waals surface area contributed by atoms with E-state index in [1.165, 1.54) is 10.8 Å². The Labute approximate surface area is 79.9 Å². The molecule has 0 spiro atoms. The second kappa shape index (κ2) is 4.27. The summed E-state index contributed by atoms with van der Waals surface area (Å²) in [5.41, 5.74) is 0. The van der Waals surface area contributed by atoms with E-state index in [-0.39, 0.29) is 24.1 Å². The van der Waals surface area contributed by atoms with Gasteiger partial charge in [0.05, 0.1) is 7.05 Å². The molecule has 5 nitrogen and oxygen atoms in total. The van der Waals surface area contributed by atoms with Crippen LogP contribution in [0, 0.1) is 10.1 Å². The fourth-order valence-electron chi connectivity index (χ4n) is 0.731. The molecule has 1 heterocycles. The van der Waals surface area contributed by atoms with E-state index >= 15 is 0 Å². The molecule has 0 aliphatic carbocycles. The molecule has 0 saturated carbocycles. The average Bonchev–Trinajstić information content (AvgIpc) is 2.30. The van der Waals surface area contributed by atoms with Crippen LogP contribution in [0.3, 0.4) is 0 Å². The summed E-state index contributed by atoms with van der Waals surface area (Å²) in [5, 5.41) is 10.3. The van der Waals surface area contributed by atoms with Crippen LogP contribution in [0.1, 0.15) is 5.82 Å². The summed E-state index contributed by atoms with van der Waals surface area (Å²) in [6, 6.07) is 0. The summed E-state index contributed by atoms with van der Waals surface area (Å²) >= 11 is 5.44. The van der Waals surface area contributed by atoms with Gasteiger partial charge in [0.2, 0.25) is 5.82 Å². The zero-order chi connectivity index (χ0) is 8.43. The molecule has 0 unspecified atom stereocenters. The van der Waals surface area contributed by atoms with Crippen molar-refractivity contribution in [1.82, 2.24) is 9.55 Å². The van der Waals surface area contributed by atoms with Gasteiger partial charge in [-0.3, -0.25) is 0 Å². The second-order valence-electron chi connectivity index (χ2n) is 1.98. The Bertz CT molecular complexity index is 286. The van der Waals surface area contributed by atoms with Crippen molar-refractivity contribution in [3.05, 3.63) is 22.1 Å². The van der Waals surface area contributed by atoms with Crippen molar-refractivity contribution in [1.29, 1.82) is 0 Å². The number of hydrogen-bond donors (Lipinski definition) is 0. The number of halogens is 2. The number of imidazole rings is 1. The van der Waals surface area contributed by atoms with Gasteiger partial charge in [-0.15, -0.1) is 24.0 Å². The van der Waals surface area contributed by atoms with Crippen molar-refractivity contribution in [2.45, 2.75) is 5.88 Å². The minimum Gasteiger partial charge on any atom is -0.358 e. The summed E-state index contributed by atoms with van der Waals surface area (Å²) in [4.78, 5) is 13.5. The number of hydrogen-bond acceptors (Lipinski definition) is 3. The van der Waals surface area contributed by atoms with Crippen molar-refractivity contribution in [3.63, 3.8) is 0 Å². The van der Waals surface area contributed by atoms with Crippen molar-refractivity contribution in [3.8, 4) is 0 Å². The Morgan fingerprint density at radius 2 is 2.42 bits per heavy atom. The third-order valence-corrected chi connectivity index (χ3v) is 1.61. The monoisotopic (exact) mass is 211 g/mol. The van der Waals surface area contributed by atoms with Crippen LogP contribution in [0.25, 0.3) is 0 Å². The molecule has 0 aliphatic heterocycles. The topological polar surface area (TPSA) is 61.0 Å². The molecule has 1 rings (SSSR count). The molecule has 0 N–H and O–H groups in total. The highest BCUT2D eigenvalue weighted by molar-refractivity contribution is 6.16. The molecule has 0 aliphatic rings. The molecule has 1 aromatic rings. The van der Waals surface area contributed by atoms with Gasteiger partial charge in [0, 0.05) is 0 Å². The largest absolute Gasteiger partial charge is 0.358 e. The minimum atomic E-state index is -0.497. The predicted molar refractivity (Wildman–Crippen MR) is 46.7 cm³/mol. The zero-order valence-electron chi connectivity index (χ0n) is 6.23. The Morgan fingerprint density at radius 1 is 1.83 bits per heavy atom. The van der Waals surface area contributed by atoms with Gasteiger partial charge in [-0.25, -0.2) is 9.55 Å². The SMILES string of the molecule is Cl.Cn1c([N+](=O)[O-])cnc1CCl. The van der Waals surface area contributed by atoms with Crippen LogP contribution < -0.4 is 0 Å². The quantitative estimate of drug-likeness (QED) is 0.423. The first-order valence-electron chi connectivity index (χ1n) is 2.87. The van der Waals surface area contributed by atoms with Crippen LogP contribution in [0.2, 0.25) is 0 Å². The van der Waals surface area contributed by atoms with E-state index in [1.807, 2.05) is 0 Å². The molecule has 7 heteroatoms. The van der Waals surface area contributed by atoms with Crippen molar-refractivity contribution in [2.24, 2.45) is 7.05 Å². The van der Waals surface area contributed by atoms with Gasteiger partial charge in [0.1, 0.15) is 12.1 Å². The van der Waals surface area contributed by atoms with Gasteiger partial charge in [0.25, 0.3) is 0 Å². The number of aromatic nitrogens is 2. The molecule has 0 atom stereocenters. The van der Waals surface area contributed by atoms with Gasteiger partial charge >= 0.3 is 5.82 Å². The molecule has 12 heavy (non-hydrogen) atoms. The van der Waals surface area contributed by atoms with E-state index in [0.717, 1.165) is 0 Å². The second-order valence-corrected chi connectivity index (χ2v) is 2.25. The zero-order valence-corrected chi connectivity index (χ0v) is 7.80. The van der Waals surface area contributed by atoms with Gasteiger partial charge in [-0.05, 0) is 4.92 Å². The first-order valence-corrected chi connectivity index (χ1v) is 3.41. The van der Waals surface area contributed by atoms with Crippen LogP contribution in [-0.4, -0.2) is 14.5 Å². The summed E-state index contributed by atoms with van der Waals surface area (Å²) in [5.74, 6) is 0.642. The fraction of sp³-hybridized carbons (Fsp3) is 0.400. The van der Waals surface area contributed by atoms with Gasteiger partial charge in [-0.1, -0.05) is 0 Å². The van der Waals surface area contributed by atoms with Crippen molar-refractivity contribution < 1.29 is 4.92 Å². The average molecular weight is 212 g/mol. The maximum Gasteiger partial charge on any atom is 0.342 e. The number of nitrogens with zero attached hydrogens (tertiary/aromatic N) is 3. The Morgan fingerprint density at radius 3 is 2.67 bits per heavy atom. The van der Waals surface area contributed by atoms with Crippen LogP contribution in [-0.2, 0) is 12.9 Å². The maximum atomic E-state index is 10.3. The molecule has 0 saturated heterocycles. The van der Waals surface area contributed by atoms with Crippen LogP contribution in [0.5, 0.6) is 0 Å². The highest BCUT2D eigenvalue weighted by Crippen LogP contribution is 2.12. The lowest BCUT2D eigenvalue weighted by atomic mass is 10.7. The van der Waals surface area contributed by atoms with Crippen molar-refractivity contribution >= 4 is 29.8 Å². The summed E-state index contributed by atoms with van der Waals surface area (Å²) in [6.07, 6.45) is 1.19. The molecular formula is C5H7Cl2N3O2. The molecule has 0 aromatic carbocycles. The normalized spacial score (nSPS) is 9.17. The van der Waals surface area contributed by atoms with Gasteiger partial charge < -0.3 is 10.1 Å². The molecular weight excluding hydrogens is 205 g/mol. The molecule has 0 fully saturated rings. The maximum absolute atomic E-state index is 10.3. The Hall–Kier alpha value is -0.810. The van der Waals surface area contributed by atoms with Crippen LogP contribution in [0.15, 0.2) is 6.20 Å². The molecule has 0 bridgehead atoms. The highest BCUT2D eigenvalue weighted by Gasteiger charge is 2.14. The first kappa shape index (κ1) is 11.2. The first-order chi connectivity index (χ1) is 5.16. The van der Waals surface area contributed by atoms with Crippen LogP contribution >= 0.6 is 24.0 Å². The lowest BCUT2D eigenvalue weighted by Crippen LogP contribution is -1.99. The smallest absolute Gasteiger partial charge is 0.342 e. The molecule has 1 aromatic heterocycles. The third-order valence-electron chi connectivity index (χ3n) is 1.37. The Balaban J connectivity index is 0.00000121. The lowest BCUT2D eigenvalue weighted by Gasteiger charge is -1.93. The summed E-state index contributed by atoms with van der Waals surface area (Å²) in [7, 11) is 1.56. The predicted octanol–water partition coefficient (Wildman–Crippen LogP) is 1.49.